The van der Waals surface area contributed by atoms with E-state index in [4.69, 9.17) is 29.0 Å². The van der Waals surface area contributed by atoms with Crippen LogP contribution in [0, 0.1) is 0 Å². The van der Waals surface area contributed by atoms with Crippen molar-refractivity contribution in [2.45, 2.75) is 57.1 Å². The molecule has 226 valence electrons. The first-order valence-corrected chi connectivity index (χ1v) is 14.1. The topological polar surface area (TPSA) is 191 Å². The molecule has 2 unspecified atom stereocenters. The van der Waals surface area contributed by atoms with Gasteiger partial charge in [0.05, 0.1) is 19.8 Å². The number of nitrogens with one attached hydrogen (secondary N) is 1. The number of hydrogen-bond donors (Lipinski definition) is 3. The standard InChI is InChI=1S/C24H31F2N4O10P/c1-3-36-19(31)11-10-16(21(33)37-4-2)29-41(35,40-15-8-6-5-7-9-15)38-14-17-20(32)24(25,26)22(39-17)30-13-12-18(27)28-23(30)34/h5-9,12-13,16-17,20,22,32H,3-4,10-11,14H2,1-2H3,(H,29,35)(H2,27,28,34)/t16-,17+,20?,22+,41?/m0/s1. The van der Waals surface area contributed by atoms with Crippen LogP contribution in [0.5, 0.6) is 5.75 Å². The lowest BCUT2D eigenvalue weighted by Gasteiger charge is -2.26. The Labute approximate surface area is 233 Å². The molecule has 1 aromatic carbocycles. The summed E-state index contributed by atoms with van der Waals surface area (Å²) >= 11 is 0. The largest absolute Gasteiger partial charge is 0.466 e. The lowest BCUT2D eigenvalue weighted by molar-refractivity contribution is -0.146. The van der Waals surface area contributed by atoms with E-state index >= 15 is 0 Å². The SMILES string of the molecule is CCOC(=O)CC[C@H](NP(=O)(OC[C@H]1O[C@@H](n2ccc(N)nc2=O)C(F)(F)C1O)Oc1ccccc1)C(=O)OCC. The van der Waals surface area contributed by atoms with Crippen molar-refractivity contribution in [1.29, 1.82) is 0 Å². The van der Waals surface area contributed by atoms with Crippen molar-refractivity contribution in [3.05, 3.63) is 53.1 Å². The van der Waals surface area contributed by atoms with Crippen molar-refractivity contribution in [3.8, 4) is 5.75 Å². The molecule has 0 saturated carbocycles. The van der Waals surface area contributed by atoms with Gasteiger partial charge in [0.25, 0.3) is 0 Å². The summed E-state index contributed by atoms with van der Waals surface area (Å²) in [6.45, 7) is 2.26. The Kier molecular flexibility index (Phi) is 10.9. The molecule has 0 aliphatic carbocycles. The molecule has 4 N–H and O–H groups in total. The first-order valence-electron chi connectivity index (χ1n) is 12.6. The molecule has 1 aliphatic heterocycles. The van der Waals surface area contributed by atoms with Gasteiger partial charge in [0.15, 0.2) is 6.10 Å². The Morgan fingerprint density at radius 3 is 2.54 bits per heavy atom. The summed E-state index contributed by atoms with van der Waals surface area (Å²) in [5.41, 5.74) is 4.26. The van der Waals surface area contributed by atoms with Crippen LogP contribution in [0.25, 0.3) is 0 Å². The molecule has 17 heteroatoms. The van der Waals surface area contributed by atoms with Crippen molar-refractivity contribution >= 4 is 25.5 Å². The van der Waals surface area contributed by atoms with Crippen LogP contribution in [-0.2, 0) is 32.9 Å². The van der Waals surface area contributed by atoms with Gasteiger partial charge in [-0.15, -0.1) is 0 Å². The highest BCUT2D eigenvalue weighted by Crippen LogP contribution is 2.48. The Hall–Kier alpha value is -3.43. The van der Waals surface area contributed by atoms with Gasteiger partial charge < -0.3 is 29.6 Å². The number of nitrogens with zero attached hydrogens (tertiary/aromatic N) is 2. The zero-order valence-corrected chi connectivity index (χ0v) is 23.1. The second-order valence-corrected chi connectivity index (χ2v) is 10.4. The van der Waals surface area contributed by atoms with Crippen LogP contribution in [0.1, 0.15) is 32.9 Å². The predicted molar refractivity (Wildman–Crippen MR) is 138 cm³/mol. The van der Waals surface area contributed by atoms with E-state index in [1.807, 2.05) is 0 Å². The third kappa shape index (κ3) is 8.30. The number of nitrogens with two attached hydrogens (primary N) is 1. The second-order valence-electron chi connectivity index (χ2n) is 8.66. The van der Waals surface area contributed by atoms with E-state index in [-0.39, 0.29) is 37.6 Å². The summed E-state index contributed by atoms with van der Waals surface area (Å²) in [5, 5.41) is 12.7. The van der Waals surface area contributed by atoms with Crippen molar-refractivity contribution in [3.63, 3.8) is 0 Å². The molecule has 0 amide bonds. The van der Waals surface area contributed by atoms with E-state index in [0.717, 1.165) is 12.3 Å². The van der Waals surface area contributed by atoms with Crippen LogP contribution in [0.4, 0.5) is 14.6 Å². The number of para-hydroxylation sites is 1. The summed E-state index contributed by atoms with van der Waals surface area (Å²) in [6.07, 6.45) is -6.18. The number of aliphatic hydroxyl groups is 1. The van der Waals surface area contributed by atoms with Crippen LogP contribution in [0.2, 0.25) is 0 Å². The van der Waals surface area contributed by atoms with Gasteiger partial charge in [0.1, 0.15) is 23.7 Å². The lowest BCUT2D eigenvalue weighted by Crippen LogP contribution is -2.42. The van der Waals surface area contributed by atoms with Gasteiger partial charge in [-0.1, -0.05) is 18.2 Å². The molecular weight excluding hydrogens is 573 g/mol. The molecule has 0 bridgehead atoms. The molecule has 2 heterocycles. The average molecular weight is 605 g/mol. The van der Waals surface area contributed by atoms with Gasteiger partial charge in [-0.3, -0.25) is 18.7 Å². The number of carbonyl (C=O) groups excluding carboxylic acids is 2. The third-order valence-electron chi connectivity index (χ3n) is 5.69. The van der Waals surface area contributed by atoms with Crippen LogP contribution in [-0.4, -0.2) is 70.6 Å². The van der Waals surface area contributed by atoms with E-state index in [0.29, 0.717) is 4.57 Å². The predicted octanol–water partition coefficient (Wildman–Crippen LogP) is 1.79. The maximum atomic E-state index is 15.0. The maximum Gasteiger partial charge on any atom is 0.459 e. The van der Waals surface area contributed by atoms with Crippen molar-refractivity contribution in [2.75, 3.05) is 25.6 Å². The normalized spacial score (nSPS) is 21.9. The minimum Gasteiger partial charge on any atom is -0.466 e. The number of nitrogen functional groups attached to an aromatic ring is 1. The Morgan fingerprint density at radius 1 is 1.22 bits per heavy atom. The molecule has 2 aromatic rings. The zero-order valence-electron chi connectivity index (χ0n) is 22.2. The van der Waals surface area contributed by atoms with Crippen molar-refractivity contribution < 1.29 is 51.3 Å². The third-order valence-corrected chi connectivity index (χ3v) is 7.26. The fourth-order valence-corrected chi connectivity index (χ4v) is 5.29. The number of halogens is 2. The molecule has 1 aliphatic rings. The molecule has 14 nitrogen and oxygen atoms in total. The minimum absolute atomic E-state index is 0.0203. The molecule has 41 heavy (non-hydrogen) atoms. The fourth-order valence-electron chi connectivity index (χ4n) is 3.76. The van der Waals surface area contributed by atoms with Crippen LogP contribution < -0.4 is 21.0 Å². The monoisotopic (exact) mass is 604 g/mol. The summed E-state index contributed by atoms with van der Waals surface area (Å²) < 4.78 is 70.2. The van der Waals surface area contributed by atoms with Crippen molar-refractivity contribution in [1.82, 2.24) is 14.6 Å². The highest BCUT2D eigenvalue weighted by molar-refractivity contribution is 7.52. The van der Waals surface area contributed by atoms with E-state index in [1.54, 1.807) is 25.1 Å². The number of esters is 2. The quantitative estimate of drug-likeness (QED) is 0.209. The number of carbonyl (C=O) groups is 2. The summed E-state index contributed by atoms with van der Waals surface area (Å²) in [4.78, 5) is 40.0. The van der Waals surface area contributed by atoms with Gasteiger partial charge in [-0.25, -0.2) is 9.36 Å². The Balaban J connectivity index is 1.84. The number of aromatic nitrogens is 2. The van der Waals surface area contributed by atoms with E-state index < -0.39 is 62.4 Å². The molecule has 3 rings (SSSR count). The number of anilines is 1. The van der Waals surface area contributed by atoms with Crippen LogP contribution in [0.3, 0.4) is 0 Å². The maximum absolute atomic E-state index is 15.0. The number of rotatable bonds is 14. The summed E-state index contributed by atoms with van der Waals surface area (Å²) in [5.74, 6) is -5.72. The van der Waals surface area contributed by atoms with Crippen LogP contribution >= 0.6 is 7.75 Å². The zero-order chi connectivity index (χ0) is 30.2. The molecule has 1 aromatic heterocycles. The Morgan fingerprint density at radius 2 is 1.90 bits per heavy atom. The fraction of sp³-hybridized carbons (Fsp3) is 0.500. The molecule has 1 saturated heterocycles. The molecule has 5 atom stereocenters. The molecular formula is C24H31F2N4O10P. The first-order chi connectivity index (χ1) is 19.4. The number of hydrogen-bond acceptors (Lipinski definition) is 12. The first kappa shape index (κ1) is 32.1. The van der Waals surface area contributed by atoms with E-state index in [2.05, 4.69) is 10.1 Å². The Bertz CT molecular complexity index is 1300. The van der Waals surface area contributed by atoms with Gasteiger partial charge in [0.2, 0.25) is 6.23 Å². The lowest BCUT2D eigenvalue weighted by atomic mass is 10.1. The minimum atomic E-state index is -4.62. The summed E-state index contributed by atoms with van der Waals surface area (Å²) in [7, 11) is -4.62. The molecule has 1 fully saturated rings. The van der Waals surface area contributed by atoms with Gasteiger partial charge >= 0.3 is 31.3 Å². The second kappa shape index (κ2) is 14.0. The van der Waals surface area contributed by atoms with Gasteiger partial charge in [-0.2, -0.15) is 18.9 Å². The summed E-state index contributed by atoms with van der Waals surface area (Å²) in [6, 6.07) is 7.27. The highest BCUT2D eigenvalue weighted by atomic mass is 31.2. The highest BCUT2D eigenvalue weighted by Gasteiger charge is 2.60. The van der Waals surface area contributed by atoms with Gasteiger partial charge in [-0.05, 0) is 38.5 Å². The molecule has 0 radical (unpaired) electrons. The number of aliphatic hydroxyl groups excluding tert-OH is 1. The number of alkyl halides is 2. The van der Waals surface area contributed by atoms with Crippen LogP contribution in [0.15, 0.2) is 47.4 Å². The van der Waals surface area contributed by atoms with Crippen molar-refractivity contribution in [2.24, 2.45) is 0 Å². The number of ether oxygens (including phenoxy) is 3. The van der Waals surface area contributed by atoms with E-state index in [1.165, 1.54) is 19.1 Å². The smallest absolute Gasteiger partial charge is 0.459 e. The number of benzene rings is 1. The average Bonchev–Trinajstić information content (AvgIpc) is 3.14. The molecule has 0 spiro atoms. The van der Waals surface area contributed by atoms with Gasteiger partial charge in [0, 0.05) is 12.6 Å². The van der Waals surface area contributed by atoms with E-state index in [9.17, 15) is 32.8 Å².